The number of phenolic OH excluding ortho intramolecular Hbond substituents is 1. The van der Waals surface area contributed by atoms with Crippen molar-refractivity contribution in [3.05, 3.63) is 42.0 Å². The Labute approximate surface area is 88.8 Å². The van der Waals surface area contributed by atoms with Crippen LogP contribution >= 0.6 is 0 Å². The maximum absolute atomic E-state index is 9.61. The van der Waals surface area contributed by atoms with Gasteiger partial charge in [-0.1, -0.05) is 37.3 Å². The third kappa shape index (κ3) is 1.81. The molecule has 2 nitrogen and oxygen atoms in total. The van der Waals surface area contributed by atoms with Crippen molar-refractivity contribution in [2.45, 2.75) is 12.8 Å². The van der Waals surface area contributed by atoms with E-state index < -0.39 is 0 Å². The molecule has 2 N–H and O–H groups in total. The fourth-order valence-electron chi connectivity index (χ4n) is 1.70. The summed E-state index contributed by atoms with van der Waals surface area (Å²) in [7, 11) is 0. The van der Waals surface area contributed by atoms with Crippen LogP contribution in [0.25, 0.3) is 10.8 Å². The monoisotopic (exact) mass is 202 g/mol. The second-order valence-corrected chi connectivity index (χ2v) is 3.84. The summed E-state index contributed by atoms with van der Waals surface area (Å²) in [4.78, 5) is 0. The van der Waals surface area contributed by atoms with Gasteiger partial charge < -0.3 is 10.2 Å². The second kappa shape index (κ2) is 3.91. The molecular formula is C13H14O2. The Morgan fingerprint density at radius 2 is 2.00 bits per heavy atom. The van der Waals surface area contributed by atoms with Gasteiger partial charge in [0, 0.05) is 17.9 Å². The molecule has 0 aliphatic carbocycles. The van der Waals surface area contributed by atoms with Crippen LogP contribution in [0.2, 0.25) is 0 Å². The van der Waals surface area contributed by atoms with E-state index in [1.54, 1.807) is 6.07 Å². The largest absolute Gasteiger partial charge is 0.507 e. The maximum Gasteiger partial charge on any atom is 0.123 e. The summed E-state index contributed by atoms with van der Waals surface area (Å²) >= 11 is 0. The molecule has 2 heteroatoms. The zero-order valence-electron chi connectivity index (χ0n) is 8.64. The van der Waals surface area contributed by atoms with Crippen molar-refractivity contribution in [3.8, 4) is 5.75 Å². The van der Waals surface area contributed by atoms with Gasteiger partial charge in [0.15, 0.2) is 0 Å². The van der Waals surface area contributed by atoms with Gasteiger partial charge in [0.25, 0.3) is 0 Å². The molecule has 78 valence electrons. The smallest absolute Gasteiger partial charge is 0.123 e. The molecular weight excluding hydrogens is 188 g/mol. The van der Waals surface area contributed by atoms with Crippen LogP contribution in [-0.2, 0) is 0 Å². The number of fused-ring (bicyclic) bond motifs is 1. The number of aromatic hydroxyl groups is 1. The van der Waals surface area contributed by atoms with Gasteiger partial charge >= 0.3 is 0 Å². The fraction of sp³-hybridized carbons (Fsp3) is 0.231. The van der Waals surface area contributed by atoms with E-state index >= 15 is 0 Å². The van der Waals surface area contributed by atoms with Crippen LogP contribution in [0.15, 0.2) is 36.4 Å². The van der Waals surface area contributed by atoms with Crippen LogP contribution in [0.5, 0.6) is 5.75 Å². The molecule has 0 aliphatic rings. The average Bonchev–Trinajstić information content (AvgIpc) is 2.28. The Kier molecular flexibility index (Phi) is 2.60. The van der Waals surface area contributed by atoms with Crippen molar-refractivity contribution in [2.75, 3.05) is 6.61 Å². The SMILES string of the molecule is CC(CO)c1ccc2c(O)cccc2c1. The topological polar surface area (TPSA) is 40.5 Å². The number of aliphatic hydroxyl groups excluding tert-OH is 1. The lowest BCUT2D eigenvalue weighted by molar-refractivity contribution is 0.273. The van der Waals surface area contributed by atoms with E-state index in [2.05, 4.69) is 0 Å². The molecule has 1 atom stereocenters. The lowest BCUT2D eigenvalue weighted by atomic mass is 9.98. The van der Waals surface area contributed by atoms with E-state index in [1.165, 1.54) is 0 Å². The average molecular weight is 202 g/mol. The van der Waals surface area contributed by atoms with E-state index in [9.17, 15) is 5.11 Å². The number of rotatable bonds is 2. The van der Waals surface area contributed by atoms with E-state index in [0.717, 1.165) is 16.3 Å². The van der Waals surface area contributed by atoms with E-state index in [4.69, 9.17) is 5.11 Å². The van der Waals surface area contributed by atoms with Gasteiger partial charge in [-0.25, -0.2) is 0 Å². The highest BCUT2D eigenvalue weighted by Gasteiger charge is 2.05. The third-order valence-corrected chi connectivity index (χ3v) is 2.72. The molecule has 0 saturated carbocycles. The summed E-state index contributed by atoms with van der Waals surface area (Å²) < 4.78 is 0. The fourth-order valence-corrected chi connectivity index (χ4v) is 1.70. The first-order valence-corrected chi connectivity index (χ1v) is 5.05. The quantitative estimate of drug-likeness (QED) is 0.786. The van der Waals surface area contributed by atoms with Crippen LogP contribution in [0.1, 0.15) is 18.4 Å². The minimum atomic E-state index is 0.136. The summed E-state index contributed by atoms with van der Waals surface area (Å²) in [6.07, 6.45) is 0. The number of hydrogen-bond donors (Lipinski definition) is 2. The first kappa shape index (κ1) is 9.99. The normalized spacial score (nSPS) is 12.9. The van der Waals surface area contributed by atoms with Gasteiger partial charge in [-0.15, -0.1) is 0 Å². The minimum absolute atomic E-state index is 0.136. The van der Waals surface area contributed by atoms with E-state index in [-0.39, 0.29) is 12.5 Å². The lowest BCUT2D eigenvalue weighted by Gasteiger charge is -2.09. The first-order chi connectivity index (χ1) is 7.22. The first-order valence-electron chi connectivity index (χ1n) is 5.05. The standard InChI is InChI=1S/C13H14O2/c1-9(8-14)10-5-6-12-11(7-10)3-2-4-13(12)15/h2-7,9,14-15H,8H2,1H3. The molecule has 0 aromatic heterocycles. The minimum Gasteiger partial charge on any atom is -0.507 e. The molecule has 15 heavy (non-hydrogen) atoms. The third-order valence-electron chi connectivity index (χ3n) is 2.72. The highest BCUT2D eigenvalue weighted by molar-refractivity contribution is 5.88. The lowest BCUT2D eigenvalue weighted by Crippen LogP contribution is -1.98. The van der Waals surface area contributed by atoms with Crippen molar-refractivity contribution in [3.63, 3.8) is 0 Å². The van der Waals surface area contributed by atoms with Gasteiger partial charge in [0.1, 0.15) is 5.75 Å². The molecule has 0 radical (unpaired) electrons. The van der Waals surface area contributed by atoms with Gasteiger partial charge in [-0.05, 0) is 17.0 Å². The van der Waals surface area contributed by atoms with Crippen LogP contribution in [-0.4, -0.2) is 16.8 Å². The summed E-state index contributed by atoms with van der Waals surface area (Å²) in [6, 6.07) is 11.3. The van der Waals surface area contributed by atoms with Crippen molar-refractivity contribution in [2.24, 2.45) is 0 Å². The van der Waals surface area contributed by atoms with Gasteiger partial charge in [-0.3, -0.25) is 0 Å². The molecule has 2 aromatic rings. The Morgan fingerprint density at radius 1 is 1.20 bits per heavy atom. The van der Waals surface area contributed by atoms with Crippen LogP contribution in [0.3, 0.4) is 0 Å². The zero-order valence-corrected chi connectivity index (χ0v) is 8.64. The summed E-state index contributed by atoms with van der Waals surface area (Å²) in [5.41, 5.74) is 1.09. The van der Waals surface area contributed by atoms with Crippen molar-refractivity contribution < 1.29 is 10.2 Å². The Bertz CT molecular complexity index is 477. The number of hydrogen-bond acceptors (Lipinski definition) is 2. The Hall–Kier alpha value is -1.54. The molecule has 2 rings (SSSR count). The number of aliphatic hydroxyl groups is 1. The molecule has 0 bridgehead atoms. The van der Waals surface area contributed by atoms with Gasteiger partial charge in [0.2, 0.25) is 0 Å². The van der Waals surface area contributed by atoms with Crippen molar-refractivity contribution >= 4 is 10.8 Å². The zero-order chi connectivity index (χ0) is 10.8. The summed E-state index contributed by atoms with van der Waals surface area (Å²) in [5.74, 6) is 0.437. The maximum atomic E-state index is 9.61. The van der Waals surface area contributed by atoms with E-state index in [0.29, 0.717) is 5.75 Å². The van der Waals surface area contributed by atoms with Crippen LogP contribution in [0.4, 0.5) is 0 Å². The predicted octanol–water partition coefficient (Wildman–Crippen LogP) is 2.64. The molecule has 0 amide bonds. The highest BCUT2D eigenvalue weighted by Crippen LogP contribution is 2.27. The van der Waals surface area contributed by atoms with Crippen molar-refractivity contribution in [1.29, 1.82) is 0 Å². The number of benzene rings is 2. The van der Waals surface area contributed by atoms with Crippen LogP contribution in [0, 0.1) is 0 Å². The molecule has 0 fully saturated rings. The summed E-state index contributed by atoms with van der Waals surface area (Å²) in [5, 5.41) is 20.5. The van der Waals surface area contributed by atoms with Gasteiger partial charge in [-0.2, -0.15) is 0 Å². The number of phenols is 1. The second-order valence-electron chi connectivity index (χ2n) is 3.84. The molecule has 0 saturated heterocycles. The summed E-state index contributed by atoms with van der Waals surface area (Å²) in [6.45, 7) is 2.12. The molecule has 0 heterocycles. The van der Waals surface area contributed by atoms with Gasteiger partial charge in [0.05, 0.1) is 0 Å². The Balaban J connectivity index is 2.57. The van der Waals surface area contributed by atoms with Crippen LogP contribution < -0.4 is 0 Å². The molecule has 2 aromatic carbocycles. The molecule has 1 unspecified atom stereocenters. The van der Waals surface area contributed by atoms with Crippen molar-refractivity contribution in [1.82, 2.24) is 0 Å². The molecule has 0 spiro atoms. The highest BCUT2D eigenvalue weighted by atomic mass is 16.3. The van der Waals surface area contributed by atoms with E-state index in [1.807, 2.05) is 37.3 Å². The Morgan fingerprint density at radius 3 is 2.73 bits per heavy atom. The predicted molar refractivity (Wildman–Crippen MR) is 61.1 cm³/mol. The molecule has 0 aliphatic heterocycles.